The summed E-state index contributed by atoms with van der Waals surface area (Å²) in [5, 5.41) is 9.22. The molecule has 1 aliphatic heterocycles. The highest BCUT2D eigenvalue weighted by Crippen LogP contribution is 2.20. The number of piperidine rings is 1. The normalized spacial score (nSPS) is 21.0. The van der Waals surface area contributed by atoms with Crippen molar-refractivity contribution in [2.75, 3.05) is 25.6 Å². The fourth-order valence-corrected chi connectivity index (χ4v) is 3.32. The van der Waals surface area contributed by atoms with Gasteiger partial charge in [0.15, 0.2) is 0 Å². The van der Waals surface area contributed by atoms with Gasteiger partial charge in [0, 0.05) is 25.4 Å². The van der Waals surface area contributed by atoms with Gasteiger partial charge < -0.3 is 14.9 Å². The highest BCUT2D eigenvalue weighted by molar-refractivity contribution is 7.98. The Bertz CT molecular complexity index is 325. The van der Waals surface area contributed by atoms with Crippen LogP contribution in [0.25, 0.3) is 0 Å². The molecule has 0 aromatic rings. The number of hydrogen-bond acceptors (Lipinski definition) is 3. The van der Waals surface area contributed by atoms with Crippen molar-refractivity contribution in [3.05, 3.63) is 0 Å². The third-order valence-corrected chi connectivity index (χ3v) is 4.43. The molecular weight excluding hydrogens is 264 g/mol. The Labute approximate surface area is 119 Å². The molecule has 0 spiro atoms. The SMILES string of the molecule is CCC(CSC)N(C)C(=O)N1CCCCC1C(=O)O. The van der Waals surface area contributed by atoms with Gasteiger partial charge in [-0.1, -0.05) is 6.92 Å². The number of nitrogens with zero attached hydrogens (tertiary/aromatic N) is 2. The number of aliphatic carboxylic acids is 1. The van der Waals surface area contributed by atoms with Gasteiger partial charge in [0.2, 0.25) is 0 Å². The molecule has 5 nitrogen and oxygen atoms in total. The van der Waals surface area contributed by atoms with Crippen LogP contribution < -0.4 is 0 Å². The third-order valence-electron chi connectivity index (χ3n) is 3.71. The van der Waals surface area contributed by atoms with Crippen LogP contribution in [0.2, 0.25) is 0 Å². The summed E-state index contributed by atoms with van der Waals surface area (Å²) < 4.78 is 0. The van der Waals surface area contributed by atoms with Crippen molar-refractivity contribution in [2.45, 2.75) is 44.7 Å². The largest absolute Gasteiger partial charge is 0.480 e. The zero-order chi connectivity index (χ0) is 14.4. The molecular formula is C13H24N2O3S. The first-order valence-corrected chi connectivity index (χ1v) is 8.17. The number of amides is 2. The Morgan fingerprint density at radius 2 is 2.16 bits per heavy atom. The van der Waals surface area contributed by atoms with Crippen molar-refractivity contribution in [2.24, 2.45) is 0 Å². The average Bonchev–Trinajstić information content (AvgIpc) is 2.43. The van der Waals surface area contributed by atoms with Crippen molar-refractivity contribution in [1.29, 1.82) is 0 Å². The lowest BCUT2D eigenvalue weighted by atomic mass is 10.0. The molecule has 1 fully saturated rings. The lowest BCUT2D eigenvalue weighted by molar-refractivity contribution is -0.143. The van der Waals surface area contributed by atoms with Crippen LogP contribution in [-0.4, -0.2) is 64.6 Å². The van der Waals surface area contributed by atoms with Crippen LogP contribution in [0.15, 0.2) is 0 Å². The summed E-state index contributed by atoms with van der Waals surface area (Å²) in [6.45, 7) is 2.60. The second kappa shape index (κ2) is 7.62. The molecule has 1 N–H and O–H groups in total. The first-order valence-electron chi connectivity index (χ1n) is 6.78. The third kappa shape index (κ3) is 4.03. The summed E-state index contributed by atoms with van der Waals surface area (Å²) >= 11 is 1.71. The van der Waals surface area contributed by atoms with Crippen LogP contribution in [0.5, 0.6) is 0 Å². The molecule has 6 heteroatoms. The minimum Gasteiger partial charge on any atom is -0.480 e. The van der Waals surface area contributed by atoms with Gasteiger partial charge >= 0.3 is 12.0 Å². The van der Waals surface area contributed by atoms with E-state index in [0.29, 0.717) is 13.0 Å². The molecule has 110 valence electrons. The van der Waals surface area contributed by atoms with E-state index in [9.17, 15) is 14.7 Å². The smallest absolute Gasteiger partial charge is 0.326 e. The van der Waals surface area contributed by atoms with Crippen molar-refractivity contribution in [1.82, 2.24) is 9.80 Å². The van der Waals surface area contributed by atoms with Crippen molar-refractivity contribution in [3.8, 4) is 0 Å². The molecule has 2 atom stereocenters. The van der Waals surface area contributed by atoms with E-state index in [2.05, 4.69) is 6.92 Å². The number of likely N-dealkylation sites (tertiary alicyclic amines) is 1. The Balaban J connectivity index is 2.75. The van der Waals surface area contributed by atoms with Gasteiger partial charge in [-0.3, -0.25) is 0 Å². The minimum atomic E-state index is -0.889. The number of hydrogen-bond donors (Lipinski definition) is 1. The molecule has 1 heterocycles. The van der Waals surface area contributed by atoms with Gasteiger partial charge in [0.05, 0.1) is 0 Å². The van der Waals surface area contributed by atoms with E-state index in [1.54, 1.807) is 23.7 Å². The quantitative estimate of drug-likeness (QED) is 0.842. The van der Waals surface area contributed by atoms with Gasteiger partial charge in [0.1, 0.15) is 6.04 Å². The van der Waals surface area contributed by atoms with E-state index >= 15 is 0 Å². The topological polar surface area (TPSA) is 60.9 Å². The summed E-state index contributed by atoms with van der Waals surface area (Å²) in [5.41, 5.74) is 0. The van der Waals surface area contributed by atoms with Crippen LogP contribution in [-0.2, 0) is 4.79 Å². The van der Waals surface area contributed by atoms with Gasteiger partial charge in [-0.15, -0.1) is 0 Å². The highest BCUT2D eigenvalue weighted by Gasteiger charge is 2.34. The number of carboxylic acid groups (broad SMARTS) is 1. The van der Waals surface area contributed by atoms with Gasteiger partial charge in [-0.25, -0.2) is 9.59 Å². The summed E-state index contributed by atoms with van der Waals surface area (Å²) in [6.07, 6.45) is 5.24. The van der Waals surface area contributed by atoms with Crippen LogP contribution in [0, 0.1) is 0 Å². The second-order valence-corrected chi connectivity index (χ2v) is 5.86. The van der Waals surface area contributed by atoms with Gasteiger partial charge in [0.25, 0.3) is 0 Å². The summed E-state index contributed by atoms with van der Waals surface area (Å²) in [6, 6.07) is -0.637. The summed E-state index contributed by atoms with van der Waals surface area (Å²) in [7, 11) is 1.78. The standard InChI is InChI=1S/C13H24N2O3S/c1-4-10(9-19-3)14(2)13(18)15-8-6-5-7-11(15)12(16)17/h10-11H,4-9H2,1-3H3,(H,16,17). The first-order chi connectivity index (χ1) is 9.02. The number of rotatable bonds is 5. The molecule has 0 saturated carbocycles. The molecule has 1 saturated heterocycles. The zero-order valence-electron chi connectivity index (χ0n) is 12.0. The molecule has 2 unspecified atom stereocenters. The van der Waals surface area contributed by atoms with Crippen molar-refractivity contribution >= 4 is 23.8 Å². The van der Waals surface area contributed by atoms with E-state index < -0.39 is 12.0 Å². The number of carboxylic acids is 1. The Morgan fingerprint density at radius 1 is 1.47 bits per heavy atom. The van der Waals surface area contributed by atoms with E-state index in [1.165, 1.54) is 4.90 Å². The lowest BCUT2D eigenvalue weighted by Crippen LogP contribution is -2.54. The molecule has 1 rings (SSSR count). The molecule has 0 aromatic carbocycles. The van der Waals surface area contributed by atoms with Crippen molar-refractivity contribution in [3.63, 3.8) is 0 Å². The number of carbonyl (C=O) groups is 2. The fraction of sp³-hybridized carbons (Fsp3) is 0.846. The Hall–Kier alpha value is -0.910. The number of thioether (sulfide) groups is 1. The molecule has 0 bridgehead atoms. The summed E-state index contributed by atoms with van der Waals surface area (Å²) in [4.78, 5) is 26.9. The molecule has 19 heavy (non-hydrogen) atoms. The van der Waals surface area contributed by atoms with E-state index in [0.717, 1.165) is 25.0 Å². The predicted molar refractivity (Wildman–Crippen MR) is 77.6 cm³/mol. The molecule has 0 radical (unpaired) electrons. The van der Waals surface area contributed by atoms with E-state index in [1.807, 2.05) is 6.26 Å². The van der Waals surface area contributed by atoms with Gasteiger partial charge in [-0.2, -0.15) is 11.8 Å². The highest BCUT2D eigenvalue weighted by atomic mass is 32.2. The minimum absolute atomic E-state index is 0.145. The maximum atomic E-state index is 12.5. The Kier molecular flexibility index (Phi) is 6.48. The van der Waals surface area contributed by atoms with E-state index in [4.69, 9.17) is 0 Å². The van der Waals surface area contributed by atoms with Crippen LogP contribution in [0.1, 0.15) is 32.6 Å². The zero-order valence-corrected chi connectivity index (χ0v) is 12.8. The van der Waals surface area contributed by atoms with Crippen LogP contribution in [0.4, 0.5) is 4.79 Å². The predicted octanol–water partition coefficient (Wildman–Crippen LogP) is 2.12. The lowest BCUT2D eigenvalue weighted by Gasteiger charge is -2.38. The van der Waals surface area contributed by atoms with Gasteiger partial charge in [-0.05, 0) is 31.9 Å². The maximum absolute atomic E-state index is 12.5. The van der Waals surface area contributed by atoms with Crippen LogP contribution >= 0.6 is 11.8 Å². The first kappa shape index (κ1) is 16.1. The monoisotopic (exact) mass is 288 g/mol. The average molecular weight is 288 g/mol. The molecule has 0 aliphatic carbocycles. The number of carbonyl (C=O) groups excluding carboxylic acids is 1. The maximum Gasteiger partial charge on any atom is 0.326 e. The fourth-order valence-electron chi connectivity index (χ4n) is 2.47. The van der Waals surface area contributed by atoms with Crippen molar-refractivity contribution < 1.29 is 14.7 Å². The second-order valence-electron chi connectivity index (χ2n) is 4.95. The molecule has 1 aliphatic rings. The Morgan fingerprint density at radius 3 is 2.68 bits per heavy atom. The summed E-state index contributed by atoms with van der Waals surface area (Å²) in [5.74, 6) is -0.0102. The van der Waals surface area contributed by atoms with E-state index in [-0.39, 0.29) is 12.1 Å². The molecule has 0 aromatic heterocycles. The number of urea groups is 1. The molecule has 2 amide bonds. The van der Waals surface area contributed by atoms with Crippen LogP contribution in [0.3, 0.4) is 0 Å².